The number of carbonyl (C=O) groups excluding carboxylic acids is 2. The highest BCUT2D eigenvalue weighted by Gasteiger charge is 2.34. The lowest BCUT2D eigenvalue weighted by atomic mass is 10.1. The minimum absolute atomic E-state index is 0.0466. The van der Waals surface area contributed by atoms with E-state index >= 15 is 0 Å². The first-order valence-electron chi connectivity index (χ1n) is 9.16. The minimum atomic E-state index is -0.492. The molecule has 1 aliphatic heterocycles. The fraction of sp³-hybridized carbons (Fsp3) is 0.0870. The quantitative estimate of drug-likeness (QED) is 0.411. The van der Waals surface area contributed by atoms with Crippen LogP contribution in [0.2, 0.25) is 0 Å². The molecule has 1 aromatic heterocycles. The van der Waals surface area contributed by atoms with Crippen LogP contribution in [0.25, 0.3) is 11.8 Å². The predicted molar refractivity (Wildman–Crippen MR) is 118 cm³/mol. The second-order valence-corrected chi connectivity index (χ2v) is 7.30. The maximum atomic E-state index is 13.1. The van der Waals surface area contributed by atoms with Crippen molar-refractivity contribution in [1.82, 2.24) is 9.88 Å². The van der Waals surface area contributed by atoms with Gasteiger partial charge in [0.1, 0.15) is 5.57 Å². The third kappa shape index (κ3) is 3.62. The van der Waals surface area contributed by atoms with Crippen molar-refractivity contribution in [3.8, 4) is 5.69 Å². The lowest BCUT2D eigenvalue weighted by Crippen LogP contribution is -2.54. The zero-order valence-electron chi connectivity index (χ0n) is 16.0. The van der Waals surface area contributed by atoms with Crippen LogP contribution in [0, 0.1) is 13.8 Å². The molecule has 1 aliphatic rings. The Bertz CT molecular complexity index is 1160. The van der Waals surface area contributed by atoms with E-state index in [0.29, 0.717) is 5.69 Å². The van der Waals surface area contributed by atoms with Crippen LogP contribution in [0.3, 0.4) is 0 Å². The van der Waals surface area contributed by atoms with E-state index in [4.69, 9.17) is 12.2 Å². The molecule has 0 aliphatic carbocycles. The van der Waals surface area contributed by atoms with Gasteiger partial charge in [0.15, 0.2) is 5.11 Å². The largest absolute Gasteiger partial charge is 0.321 e. The third-order valence-electron chi connectivity index (χ3n) is 4.74. The van der Waals surface area contributed by atoms with Gasteiger partial charge in [0.25, 0.3) is 11.8 Å². The summed E-state index contributed by atoms with van der Waals surface area (Å²) in [6, 6.07) is 19.3. The van der Waals surface area contributed by atoms with Crippen molar-refractivity contribution in [1.29, 1.82) is 0 Å². The first-order valence-corrected chi connectivity index (χ1v) is 9.57. The van der Waals surface area contributed by atoms with Gasteiger partial charge in [0.2, 0.25) is 0 Å². The number of carbonyl (C=O) groups is 2. The molecular weight excluding hydrogens is 382 g/mol. The fourth-order valence-corrected chi connectivity index (χ4v) is 3.65. The second kappa shape index (κ2) is 7.48. The average Bonchev–Trinajstić information content (AvgIpc) is 3.06. The number of para-hydroxylation sites is 1. The summed E-state index contributed by atoms with van der Waals surface area (Å²) in [5, 5.41) is 2.71. The number of hydrogen-bond acceptors (Lipinski definition) is 3. The summed E-state index contributed by atoms with van der Waals surface area (Å²) in [5.41, 5.74) is 4.45. The number of thiocarbonyl (C=S) groups is 1. The van der Waals surface area contributed by atoms with Crippen molar-refractivity contribution in [3.63, 3.8) is 0 Å². The van der Waals surface area contributed by atoms with Crippen LogP contribution in [-0.2, 0) is 9.59 Å². The number of amides is 2. The average molecular weight is 401 g/mol. The van der Waals surface area contributed by atoms with E-state index in [2.05, 4.69) is 5.32 Å². The summed E-state index contributed by atoms with van der Waals surface area (Å²) in [7, 11) is 0. The Hall–Kier alpha value is -3.51. The highest BCUT2D eigenvalue weighted by Crippen LogP contribution is 2.24. The molecule has 1 N–H and O–H groups in total. The van der Waals surface area contributed by atoms with Crippen LogP contribution in [0.4, 0.5) is 5.69 Å². The standard InChI is InChI=1S/C23H19N3O2S/c1-15-7-6-10-19(11-15)26-22(28)20(21(27)24-23(26)29)13-17-12-16(2)25(14-17)18-8-4-3-5-9-18/h3-14H,1-2H3,(H,24,27,29)/b20-13-. The van der Waals surface area contributed by atoms with Crippen LogP contribution in [0.5, 0.6) is 0 Å². The van der Waals surface area contributed by atoms with Crippen molar-refractivity contribution in [2.24, 2.45) is 0 Å². The molecular formula is C23H19N3O2S. The molecule has 4 rings (SSSR count). The number of hydrogen-bond donors (Lipinski definition) is 1. The van der Waals surface area contributed by atoms with E-state index in [-0.39, 0.29) is 10.7 Å². The highest BCUT2D eigenvalue weighted by molar-refractivity contribution is 7.80. The number of rotatable bonds is 3. The van der Waals surface area contributed by atoms with Gasteiger partial charge in [-0.05, 0) is 73.6 Å². The molecule has 0 bridgehead atoms. The van der Waals surface area contributed by atoms with Crippen molar-refractivity contribution < 1.29 is 9.59 Å². The molecule has 2 heterocycles. The van der Waals surface area contributed by atoms with E-state index in [9.17, 15) is 9.59 Å². The van der Waals surface area contributed by atoms with Crippen LogP contribution in [0.15, 0.2) is 72.4 Å². The fourth-order valence-electron chi connectivity index (χ4n) is 3.37. The highest BCUT2D eigenvalue weighted by atomic mass is 32.1. The van der Waals surface area contributed by atoms with Gasteiger partial charge in [-0.15, -0.1) is 0 Å². The van der Waals surface area contributed by atoms with Gasteiger partial charge in [-0.1, -0.05) is 30.3 Å². The molecule has 2 amide bonds. The van der Waals surface area contributed by atoms with Gasteiger partial charge in [0, 0.05) is 17.6 Å². The molecule has 29 heavy (non-hydrogen) atoms. The van der Waals surface area contributed by atoms with E-state index in [1.54, 1.807) is 12.1 Å². The zero-order valence-corrected chi connectivity index (χ0v) is 16.9. The number of aromatic nitrogens is 1. The minimum Gasteiger partial charge on any atom is -0.321 e. The lowest BCUT2D eigenvalue weighted by molar-refractivity contribution is -0.122. The van der Waals surface area contributed by atoms with Gasteiger partial charge in [0.05, 0.1) is 5.69 Å². The molecule has 0 radical (unpaired) electrons. The Morgan fingerprint density at radius 2 is 1.66 bits per heavy atom. The molecule has 144 valence electrons. The van der Waals surface area contributed by atoms with E-state index in [1.807, 2.05) is 79.2 Å². The zero-order chi connectivity index (χ0) is 20.5. The van der Waals surface area contributed by atoms with Crippen LogP contribution in [-0.4, -0.2) is 21.5 Å². The Balaban J connectivity index is 1.72. The molecule has 6 heteroatoms. The van der Waals surface area contributed by atoms with Crippen molar-refractivity contribution in [2.75, 3.05) is 4.90 Å². The number of nitrogens with one attached hydrogen (secondary N) is 1. The third-order valence-corrected chi connectivity index (χ3v) is 5.03. The molecule has 5 nitrogen and oxygen atoms in total. The van der Waals surface area contributed by atoms with Gasteiger partial charge >= 0.3 is 0 Å². The van der Waals surface area contributed by atoms with Gasteiger partial charge in [-0.3, -0.25) is 19.8 Å². The second-order valence-electron chi connectivity index (χ2n) is 6.92. The van der Waals surface area contributed by atoms with Gasteiger partial charge < -0.3 is 4.57 Å². The lowest BCUT2D eigenvalue weighted by Gasteiger charge is -2.29. The number of anilines is 1. The monoisotopic (exact) mass is 401 g/mol. The van der Waals surface area contributed by atoms with E-state index in [1.165, 1.54) is 4.90 Å². The summed E-state index contributed by atoms with van der Waals surface area (Å²) < 4.78 is 2.01. The Morgan fingerprint density at radius 1 is 0.931 bits per heavy atom. The SMILES string of the molecule is Cc1cccc(N2C(=O)/C(=C\c3cc(C)n(-c4ccccc4)c3)C(=O)NC2=S)c1. The Kier molecular flexibility index (Phi) is 4.86. The van der Waals surface area contributed by atoms with E-state index in [0.717, 1.165) is 22.5 Å². The summed E-state index contributed by atoms with van der Waals surface area (Å²) in [6.07, 6.45) is 3.51. The summed E-state index contributed by atoms with van der Waals surface area (Å²) in [6.45, 7) is 3.91. The molecule has 0 spiro atoms. The van der Waals surface area contributed by atoms with Gasteiger partial charge in [-0.2, -0.15) is 0 Å². The molecule has 0 atom stereocenters. The van der Waals surface area contributed by atoms with Crippen LogP contribution < -0.4 is 10.2 Å². The van der Waals surface area contributed by atoms with Crippen molar-refractivity contribution in [3.05, 3.63) is 89.3 Å². The summed E-state index contributed by atoms with van der Waals surface area (Å²) in [4.78, 5) is 27.0. The smallest absolute Gasteiger partial charge is 0.270 e. The molecule has 3 aromatic rings. The predicted octanol–water partition coefficient (Wildman–Crippen LogP) is 3.93. The molecule has 0 unspecified atom stereocenters. The van der Waals surface area contributed by atoms with Crippen LogP contribution in [0.1, 0.15) is 16.8 Å². The first-order chi connectivity index (χ1) is 13.9. The molecule has 1 saturated heterocycles. The normalized spacial score (nSPS) is 15.7. The van der Waals surface area contributed by atoms with Crippen molar-refractivity contribution >= 4 is 40.9 Å². The number of benzene rings is 2. The number of aryl methyl sites for hydroxylation is 2. The summed E-state index contributed by atoms with van der Waals surface area (Å²) in [5.74, 6) is -0.927. The molecule has 0 saturated carbocycles. The van der Waals surface area contributed by atoms with Gasteiger partial charge in [-0.25, -0.2) is 0 Å². The molecule has 1 fully saturated rings. The maximum absolute atomic E-state index is 13.1. The van der Waals surface area contributed by atoms with E-state index < -0.39 is 11.8 Å². The first kappa shape index (κ1) is 18.8. The maximum Gasteiger partial charge on any atom is 0.270 e. The topological polar surface area (TPSA) is 54.3 Å². The Labute approximate surface area is 174 Å². The number of nitrogens with zero attached hydrogens (tertiary/aromatic N) is 2. The summed E-state index contributed by atoms with van der Waals surface area (Å²) >= 11 is 5.25. The Morgan fingerprint density at radius 3 is 2.38 bits per heavy atom. The van der Waals surface area contributed by atoms with Crippen LogP contribution >= 0.6 is 12.2 Å². The van der Waals surface area contributed by atoms with Crippen molar-refractivity contribution in [2.45, 2.75) is 13.8 Å². The molecule has 2 aromatic carbocycles.